The van der Waals surface area contributed by atoms with Crippen LogP contribution >= 0.6 is 0 Å². The lowest BCUT2D eigenvalue weighted by Gasteiger charge is -2.13. The Bertz CT molecular complexity index is 1050. The lowest BCUT2D eigenvalue weighted by Crippen LogP contribution is -2.07. The number of alkyl halides is 6. The van der Waals surface area contributed by atoms with Gasteiger partial charge < -0.3 is 4.74 Å². The Balaban J connectivity index is 1.89. The summed E-state index contributed by atoms with van der Waals surface area (Å²) < 4.78 is 82.8. The van der Waals surface area contributed by atoms with Gasteiger partial charge in [-0.3, -0.25) is 0 Å². The summed E-state index contributed by atoms with van der Waals surface area (Å²) in [6.07, 6.45) is -9.19. The molecule has 29 heavy (non-hydrogen) atoms. The van der Waals surface area contributed by atoms with Crippen LogP contribution in [0.1, 0.15) is 22.4 Å². The SMILES string of the molecule is N#Cc1[nH]nnc1-c1cc(OCc2ccc(C(F)(F)F)cc2)cc(C(F)(F)F)c1. The van der Waals surface area contributed by atoms with E-state index < -0.39 is 23.5 Å². The van der Waals surface area contributed by atoms with Crippen molar-refractivity contribution in [3.63, 3.8) is 0 Å². The number of nitrogens with zero attached hydrogens (tertiary/aromatic N) is 3. The second-order valence-electron chi connectivity index (χ2n) is 5.87. The molecule has 0 aliphatic rings. The summed E-state index contributed by atoms with van der Waals surface area (Å²) in [4.78, 5) is 0. The summed E-state index contributed by atoms with van der Waals surface area (Å²) >= 11 is 0. The van der Waals surface area contributed by atoms with Gasteiger partial charge in [-0.25, -0.2) is 5.10 Å². The molecule has 11 heteroatoms. The molecule has 0 saturated carbocycles. The van der Waals surface area contributed by atoms with Crippen molar-refractivity contribution in [3.8, 4) is 23.1 Å². The van der Waals surface area contributed by atoms with E-state index in [1.165, 1.54) is 18.2 Å². The van der Waals surface area contributed by atoms with E-state index in [2.05, 4.69) is 15.4 Å². The zero-order valence-electron chi connectivity index (χ0n) is 14.3. The van der Waals surface area contributed by atoms with E-state index in [-0.39, 0.29) is 29.3 Å². The molecule has 150 valence electrons. The maximum absolute atomic E-state index is 13.2. The Morgan fingerprint density at radius 2 is 1.59 bits per heavy atom. The molecule has 0 atom stereocenters. The van der Waals surface area contributed by atoms with Gasteiger partial charge in [-0.05, 0) is 35.9 Å². The summed E-state index contributed by atoms with van der Waals surface area (Å²) in [7, 11) is 0. The maximum Gasteiger partial charge on any atom is 0.416 e. The summed E-state index contributed by atoms with van der Waals surface area (Å²) in [5.74, 6) is -0.193. The van der Waals surface area contributed by atoms with Gasteiger partial charge in [0, 0.05) is 5.56 Å². The molecular formula is C18H10F6N4O. The van der Waals surface area contributed by atoms with Crippen LogP contribution in [0, 0.1) is 11.3 Å². The van der Waals surface area contributed by atoms with Crippen LogP contribution in [0.25, 0.3) is 11.3 Å². The van der Waals surface area contributed by atoms with Crippen molar-refractivity contribution in [1.29, 1.82) is 5.26 Å². The van der Waals surface area contributed by atoms with Crippen LogP contribution in [0.2, 0.25) is 0 Å². The lowest BCUT2D eigenvalue weighted by molar-refractivity contribution is -0.138. The standard InChI is InChI=1S/C18H10F6N4O/c19-17(20,21)12-3-1-10(2-4-12)9-29-14-6-11(5-13(7-14)18(22,23)24)16-15(8-25)26-28-27-16/h1-7H,9H2,(H,26,27,28). The van der Waals surface area contributed by atoms with Crippen molar-refractivity contribution >= 4 is 0 Å². The van der Waals surface area contributed by atoms with E-state index in [4.69, 9.17) is 10.00 Å². The summed E-state index contributed by atoms with van der Waals surface area (Å²) in [6.45, 7) is -0.261. The number of rotatable bonds is 4. The Morgan fingerprint density at radius 3 is 2.17 bits per heavy atom. The third-order valence-corrected chi connectivity index (χ3v) is 3.85. The minimum Gasteiger partial charge on any atom is -0.489 e. The number of nitrogens with one attached hydrogen (secondary N) is 1. The van der Waals surface area contributed by atoms with Crippen molar-refractivity contribution in [1.82, 2.24) is 15.4 Å². The molecule has 1 N–H and O–H groups in total. The van der Waals surface area contributed by atoms with E-state index in [1.54, 1.807) is 6.07 Å². The first-order valence-corrected chi connectivity index (χ1v) is 7.90. The minimum absolute atomic E-state index is 0.0486. The highest BCUT2D eigenvalue weighted by Crippen LogP contribution is 2.36. The molecule has 3 rings (SSSR count). The highest BCUT2D eigenvalue weighted by molar-refractivity contribution is 5.67. The Hall–Kier alpha value is -3.55. The molecule has 0 aliphatic carbocycles. The second kappa shape index (κ2) is 7.46. The molecule has 1 heterocycles. The van der Waals surface area contributed by atoms with E-state index in [9.17, 15) is 26.3 Å². The molecule has 0 radical (unpaired) electrons. The Kier molecular flexibility index (Phi) is 5.19. The van der Waals surface area contributed by atoms with Crippen LogP contribution in [0.5, 0.6) is 5.75 Å². The number of nitriles is 1. The molecule has 0 spiro atoms. The number of halogens is 6. The van der Waals surface area contributed by atoms with Gasteiger partial charge in [0.05, 0.1) is 11.1 Å². The average molecular weight is 412 g/mol. The van der Waals surface area contributed by atoms with Crippen LogP contribution in [0.3, 0.4) is 0 Å². The molecule has 0 unspecified atom stereocenters. The molecule has 3 aromatic rings. The van der Waals surface area contributed by atoms with E-state index in [1.807, 2.05) is 0 Å². The fourth-order valence-electron chi connectivity index (χ4n) is 2.45. The number of benzene rings is 2. The molecule has 0 saturated heterocycles. The summed E-state index contributed by atoms with van der Waals surface area (Å²) in [5.41, 5.74) is -1.82. The van der Waals surface area contributed by atoms with Crippen LogP contribution in [-0.2, 0) is 19.0 Å². The molecule has 5 nitrogen and oxygen atoms in total. The van der Waals surface area contributed by atoms with Gasteiger partial charge in [-0.2, -0.15) is 31.6 Å². The molecule has 0 fully saturated rings. The fourth-order valence-corrected chi connectivity index (χ4v) is 2.45. The van der Waals surface area contributed by atoms with Crippen LogP contribution < -0.4 is 4.74 Å². The first-order chi connectivity index (χ1) is 13.6. The van der Waals surface area contributed by atoms with Gasteiger partial charge in [-0.1, -0.05) is 17.3 Å². The number of aromatic amines is 1. The number of H-pyrrole nitrogens is 1. The van der Waals surface area contributed by atoms with Gasteiger partial charge >= 0.3 is 12.4 Å². The zero-order valence-corrected chi connectivity index (χ0v) is 14.3. The monoisotopic (exact) mass is 412 g/mol. The summed E-state index contributed by atoms with van der Waals surface area (Å²) in [5, 5.41) is 18.3. The van der Waals surface area contributed by atoms with Crippen LogP contribution in [-0.4, -0.2) is 15.4 Å². The van der Waals surface area contributed by atoms with E-state index >= 15 is 0 Å². The third-order valence-electron chi connectivity index (χ3n) is 3.85. The maximum atomic E-state index is 13.2. The molecular weight excluding hydrogens is 402 g/mol. The predicted molar refractivity (Wildman–Crippen MR) is 87.3 cm³/mol. The predicted octanol–water partition coefficient (Wildman–Crippen LogP) is 4.96. The Morgan fingerprint density at radius 1 is 0.931 bits per heavy atom. The number of hydrogen-bond donors (Lipinski definition) is 1. The number of ether oxygens (including phenoxy) is 1. The molecule has 0 aliphatic heterocycles. The minimum atomic E-state index is -4.70. The van der Waals surface area contributed by atoms with Crippen molar-refractivity contribution in [2.75, 3.05) is 0 Å². The molecule has 2 aromatic carbocycles. The molecule has 0 bridgehead atoms. The van der Waals surface area contributed by atoms with Crippen LogP contribution in [0.15, 0.2) is 42.5 Å². The average Bonchev–Trinajstić information content (AvgIpc) is 3.14. The first kappa shape index (κ1) is 20.2. The smallest absolute Gasteiger partial charge is 0.416 e. The van der Waals surface area contributed by atoms with Gasteiger partial charge in [0.2, 0.25) is 0 Å². The first-order valence-electron chi connectivity index (χ1n) is 7.90. The normalized spacial score (nSPS) is 11.9. The zero-order chi connectivity index (χ0) is 21.2. The van der Waals surface area contributed by atoms with Crippen molar-refractivity contribution in [2.24, 2.45) is 0 Å². The number of aromatic nitrogens is 3. The third kappa shape index (κ3) is 4.66. The lowest BCUT2D eigenvalue weighted by atomic mass is 10.1. The number of hydrogen-bond acceptors (Lipinski definition) is 4. The van der Waals surface area contributed by atoms with E-state index in [0.717, 1.165) is 24.3 Å². The highest BCUT2D eigenvalue weighted by atomic mass is 19.4. The largest absolute Gasteiger partial charge is 0.489 e. The topological polar surface area (TPSA) is 74.6 Å². The van der Waals surface area contributed by atoms with Crippen LogP contribution in [0.4, 0.5) is 26.3 Å². The van der Waals surface area contributed by atoms with Gasteiger partial charge in [0.25, 0.3) is 0 Å². The molecule has 1 aromatic heterocycles. The molecule has 0 amide bonds. The van der Waals surface area contributed by atoms with Crippen molar-refractivity contribution < 1.29 is 31.1 Å². The van der Waals surface area contributed by atoms with Gasteiger partial charge in [-0.15, -0.1) is 5.10 Å². The van der Waals surface area contributed by atoms with Crippen molar-refractivity contribution in [2.45, 2.75) is 19.0 Å². The fraction of sp³-hybridized carbons (Fsp3) is 0.167. The van der Waals surface area contributed by atoms with Crippen molar-refractivity contribution in [3.05, 3.63) is 64.8 Å². The summed E-state index contributed by atoms with van der Waals surface area (Å²) in [6, 6.07) is 8.55. The highest BCUT2D eigenvalue weighted by Gasteiger charge is 2.32. The van der Waals surface area contributed by atoms with Gasteiger partial charge in [0.1, 0.15) is 24.1 Å². The Labute approximate surface area is 159 Å². The van der Waals surface area contributed by atoms with E-state index in [0.29, 0.717) is 5.56 Å². The quantitative estimate of drug-likeness (QED) is 0.615. The second-order valence-corrected chi connectivity index (χ2v) is 5.87. The van der Waals surface area contributed by atoms with Gasteiger partial charge in [0.15, 0.2) is 5.69 Å².